The number of fused-ring (bicyclic) bond motifs is 1. The second kappa shape index (κ2) is 8.04. The number of esters is 1. The number of nitrogens with zero attached hydrogens (tertiary/aromatic N) is 1. The fraction of sp³-hybridized carbons (Fsp3) is 0.143. The van der Waals surface area contributed by atoms with Crippen LogP contribution >= 0.6 is 0 Å². The number of hydrogen-bond acceptors (Lipinski definition) is 5. The van der Waals surface area contributed by atoms with Gasteiger partial charge in [-0.05, 0) is 46.7 Å². The fourth-order valence-electron chi connectivity index (χ4n) is 2.52. The molecule has 0 amide bonds. The largest absolute Gasteiger partial charge is 0.497 e. The molecule has 3 rings (SSSR count). The molecule has 26 heavy (non-hydrogen) atoms. The zero-order valence-corrected chi connectivity index (χ0v) is 14.3. The maximum Gasteiger partial charge on any atom is 0.344 e. The van der Waals surface area contributed by atoms with E-state index in [1.807, 2.05) is 42.5 Å². The molecule has 0 aliphatic heterocycles. The highest BCUT2D eigenvalue weighted by atomic mass is 16.6. The van der Waals surface area contributed by atoms with E-state index < -0.39 is 5.97 Å². The van der Waals surface area contributed by atoms with Crippen LogP contribution in [0.3, 0.4) is 0 Å². The standard InChI is InChI=1S/C21H17NO4/c1-24-19-9-8-16-10-15(6-7-17(16)11-19)13-26-21(23)14-25-20-5-3-2-4-18(20)12-22/h2-11H,13-14H2,1H3. The fourth-order valence-corrected chi connectivity index (χ4v) is 2.52. The van der Waals surface area contributed by atoms with Crippen molar-refractivity contribution in [3.05, 3.63) is 71.8 Å². The minimum Gasteiger partial charge on any atom is -0.497 e. The van der Waals surface area contributed by atoms with Gasteiger partial charge in [-0.1, -0.05) is 30.3 Å². The molecule has 0 N–H and O–H groups in total. The molecule has 3 aromatic rings. The summed E-state index contributed by atoms with van der Waals surface area (Å²) in [7, 11) is 1.63. The monoisotopic (exact) mass is 347 g/mol. The highest BCUT2D eigenvalue weighted by molar-refractivity contribution is 5.84. The van der Waals surface area contributed by atoms with E-state index in [-0.39, 0.29) is 13.2 Å². The molecule has 0 bridgehead atoms. The Morgan fingerprint density at radius 3 is 2.62 bits per heavy atom. The summed E-state index contributed by atoms with van der Waals surface area (Å²) in [6, 6.07) is 20.4. The van der Waals surface area contributed by atoms with Crippen molar-refractivity contribution >= 4 is 16.7 Å². The van der Waals surface area contributed by atoms with Crippen molar-refractivity contribution in [3.63, 3.8) is 0 Å². The number of rotatable bonds is 6. The molecule has 0 aromatic heterocycles. The van der Waals surface area contributed by atoms with Gasteiger partial charge in [-0.3, -0.25) is 0 Å². The predicted octanol–water partition coefficient (Wildman–Crippen LogP) is 3.84. The number of carbonyl (C=O) groups is 1. The van der Waals surface area contributed by atoms with Crippen LogP contribution in [0, 0.1) is 11.3 Å². The van der Waals surface area contributed by atoms with E-state index in [2.05, 4.69) is 0 Å². The Hall–Kier alpha value is -3.52. The van der Waals surface area contributed by atoms with Crippen molar-refractivity contribution in [2.45, 2.75) is 6.61 Å². The quantitative estimate of drug-likeness (QED) is 0.634. The molecule has 0 heterocycles. The first kappa shape index (κ1) is 17.3. The van der Waals surface area contributed by atoms with Crippen LogP contribution in [0.15, 0.2) is 60.7 Å². The number of methoxy groups -OCH3 is 1. The molecule has 0 unspecified atom stereocenters. The zero-order chi connectivity index (χ0) is 18.4. The van der Waals surface area contributed by atoms with Crippen molar-refractivity contribution in [1.29, 1.82) is 5.26 Å². The Balaban J connectivity index is 1.57. The van der Waals surface area contributed by atoms with E-state index in [1.54, 1.807) is 31.4 Å². The Labute approximate surface area is 151 Å². The van der Waals surface area contributed by atoms with E-state index in [1.165, 1.54) is 0 Å². The number of para-hydroxylation sites is 1. The summed E-state index contributed by atoms with van der Waals surface area (Å²) in [5.41, 5.74) is 1.26. The third-order valence-electron chi connectivity index (χ3n) is 3.86. The molecule has 5 heteroatoms. The van der Waals surface area contributed by atoms with Gasteiger partial charge in [-0.15, -0.1) is 0 Å². The molecule has 0 saturated heterocycles. The molecule has 0 aliphatic rings. The second-order valence-electron chi connectivity index (χ2n) is 5.60. The predicted molar refractivity (Wildman–Crippen MR) is 96.9 cm³/mol. The van der Waals surface area contributed by atoms with E-state index in [0.29, 0.717) is 11.3 Å². The molecular weight excluding hydrogens is 330 g/mol. The van der Waals surface area contributed by atoms with Gasteiger partial charge in [0.1, 0.15) is 24.2 Å². The summed E-state index contributed by atoms with van der Waals surface area (Å²) >= 11 is 0. The third kappa shape index (κ3) is 4.11. The van der Waals surface area contributed by atoms with Crippen LogP contribution in [0.4, 0.5) is 0 Å². The summed E-state index contributed by atoms with van der Waals surface area (Å²) in [5, 5.41) is 11.1. The van der Waals surface area contributed by atoms with Gasteiger partial charge in [0.25, 0.3) is 0 Å². The maximum absolute atomic E-state index is 11.9. The van der Waals surface area contributed by atoms with Gasteiger partial charge in [-0.2, -0.15) is 5.26 Å². The first-order valence-corrected chi connectivity index (χ1v) is 8.04. The van der Waals surface area contributed by atoms with Crippen molar-refractivity contribution in [2.24, 2.45) is 0 Å². The van der Waals surface area contributed by atoms with E-state index in [0.717, 1.165) is 22.1 Å². The van der Waals surface area contributed by atoms with Crippen LogP contribution < -0.4 is 9.47 Å². The van der Waals surface area contributed by atoms with Crippen molar-refractivity contribution in [2.75, 3.05) is 13.7 Å². The van der Waals surface area contributed by atoms with Gasteiger partial charge in [-0.25, -0.2) is 4.79 Å². The van der Waals surface area contributed by atoms with Crippen LogP contribution in [-0.4, -0.2) is 19.7 Å². The number of benzene rings is 3. The number of ether oxygens (including phenoxy) is 3. The van der Waals surface area contributed by atoms with Crippen molar-refractivity contribution in [3.8, 4) is 17.6 Å². The van der Waals surface area contributed by atoms with Gasteiger partial charge in [0, 0.05) is 0 Å². The minimum absolute atomic E-state index is 0.157. The van der Waals surface area contributed by atoms with Crippen LogP contribution in [0.2, 0.25) is 0 Å². The zero-order valence-electron chi connectivity index (χ0n) is 14.3. The average molecular weight is 347 g/mol. The highest BCUT2D eigenvalue weighted by Gasteiger charge is 2.08. The summed E-state index contributed by atoms with van der Waals surface area (Å²) < 4.78 is 15.8. The molecule has 0 atom stereocenters. The summed E-state index contributed by atoms with van der Waals surface area (Å²) in [6.45, 7) is -0.0897. The molecule has 5 nitrogen and oxygen atoms in total. The molecule has 0 fully saturated rings. The van der Waals surface area contributed by atoms with Gasteiger partial charge < -0.3 is 14.2 Å². The first-order chi connectivity index (χ1) is 12.7. The van der Waals surface area contributed by atoms with Gasteiger partial charge in [0.15, 0.2) is 6.61 Å². The smallest absolute Gasteiger partial charge is 0.344 e. The lowest BCUT2D eigenvalue weighted by atomic mass is 10.1. The lowest BCUT2D eigenvalue weighted by Gasteiger charge is -2.09. The molecule has 0 saturated carbocycles. The SMILES string of the molecule is COc1ccc2cc(COC(=O)COc3ccccc3C#N)ccc2c1. The lowest BCUT2D eigenvalue weighted by Crippen LogP contribution is -2.15. The van der Waals surface area contributed by atoms with Crippen LogP contribution in [-0.2, 0) is 16.1 Å². The molecule has 3 aromatic carbocycles. The Morgan fingerprint density at radius 2 is 1.81 bits per heavy atom. The molecule has 130 valence electrons. The van der Waals surface area contributed by atoms with Gasteiger partial charge in [0.2, 0.25) is 0 Å². The highest BCUT2D eigenvalue weighted by Crippen LogP contribution is 2.22. The molecular formula is C21H17NO4. The Kier molecular flexibility index (Phi) is 5.35. The van der Waals surface area contributed by atoms with Crippen molar-refractivity contribution in [1.82, 2.24) is 0 Å². The van der Waals surface area contributed by atoms with Gasteiger partial charge in [0.05, 0.1) is 12.7 Å². The summed E-state index contributed by atoms with van der Waals surface area (Å²) in [6.07, 6.45) is 0. The second-order valence-corrected chi connectivity index (χ2v) is 5.60. The van der Waals surface area contributed by atoms with E-state index in [9.17, 15) is 4.79 Å². The third-order valence-corrected chi connectivity index (χ3v) is 3.86. The molecule has 0 spiro atoms. The Morgan fingerprint density at radius 1 is 1.04 bits per heavy atom. The normalized spacial score (nSPS) is 10.2. The molecule has 0 radical (unpaired) electrons. The molecule has 0 aliphatic carbocycles. The first-order valence-electron chi connectivity index (χ1n) is 8.04. The topological polar surface area (TPSA) is 68.6 Å². The minimum atomic E-state index is -0.493. The summed E-state index contributed by atoms with van der Waals surface area (Å²) in [4.78, 5) is 11.9. The van der Waals surface area contributed by atoms with E-state index in [4.69, 9.17) is 19.5 Å². The Bertz CT molecular complexity index is 975. The summed E-state index contributed by atoms with van der Waals surface area (Å²) in [5.74, 6) is 0.672. The number of nitriles is 1. The number of hydrogen-bond donors (Lipinski definition) is 0. The lowest BCUT2D eigenvalue weighted by molar-refractivity contribution is -0.147. The van der Waals surface area contributed by atoms with Crippen molar-refractivity contribution < 1.29 is 19.0 Å². The average Bonchev–Trinajstić information content (AvgIpc) is 2.70. The maximum atomic E-state index is 11.9. The number of carbonyl (C=O) groups excluding carboxylic acids is 1. The van der Waals surface area contributed by atoms with Crippen LogP contribution in [0.5, 0.6) is 11.5 Å². The van der Waals surface area contributed by atoms with Crippen LogP contribution in [0.1, 0.15) is 11.1 Å². The van der Waals surface area contributed by atoms with E-state index >= 15 is 0 Å². The van der Waals surface area contributed by atoms with Gasteiger partial charge >= 0.3 is 5.97 Å². The van der Waals surface area contributed by atoms with Crippen LogP contribution in [0.25, 0.3) is 10.8 Å².